The van der Waals surface area contributed by atoms with Gasteiger partial charge in [-0.3, -0.25) is 9.59 Å². The molecule has 0 amide bonds. The van der Waals surface area contributed by atoms with Gasteiger partial charge in [0.15, 0.2) is 0 Å². The van der Waals surface area contributed by atoms with Crippen LogP contribution in [0, 0.1) is 35.0 Å². The molecule has 0 aromatic carbocycles. The van der Waals surface area contributed by atoms with E-state index in [1.54, 1.807) is 6.92 Å². The van der Waals surface area contributed by atoms with Crippen molar-refractivity contribution in [2.75, 3.05) is 0 Å². The largest absolute Gasteiger partial charge is 0.481 e. The molecular weight excluding hydrogens is 396 g/mol. The van der Waals surface area contributed by atoms with E-state index in [0.29, 0.717) is 19.3 Å². The maximum absolute atomic E-state index is 12.9. The number of hydrogen-bond donors (Lipinski definition) is 3. The first-order chi connectivity index (χ1) is 14.4. The zero-order chi connectivity index (χ0) is 23.5. The molecule has 0 saturated carbocycles. The Morgan fingerprint density at radius 1 is 1.23 bits per heavy atom. The third kappa shape index (κ3) is 5.78. The second kappa shape index (κ2) is 10.3. The molecule has 0 bridgehead atoms. The molecule has 0 aromatic heterocycles. The van der Waals surface area contributed by atoms with Crippen LogP contribution >= 0.6 is 0 Å². The highest BCUT2D eigenvalue weighted by Gasteiger charge is 2.49. The summed E-state index contributed by atoms with van der Waals surface area (Å²) in [4.78, 5) is 25.2. The molecule has 0 radical (unpaired) electrons. The summed E-state index contributed by atoms with van der Waals surface area (Å²) >= 11 is 0. The minimum atomic E-state index is -1.18. The summed E-state index contributed by atoms with van der Waals surface area (Å²) in [5.74, 6) is -3.09. The maximum atomic E-state index is 12.9. The van der Waals surface area contributed by atoms with Crippen LogP contribution in [0.5, 0.6) is 0 Å². The number of carbonyl (C=O) groups is 2. The van der Waals surface area contributed by atoms with Crippen molar-refractivity contribution in [2.24, 2.45) is 35.0 Å². The summed E-state index contributed by atoms with van der Waals surface area (Å²) in [5, 5.41) is 31.0. The van der Waals surface area contributed by atoms with E-state index in [4.69, 9.17) is 4.74 Å². The van der Waals surface area contributed by atoms with Gasteiger partial charge in [-0.05, 0) is 56.4 Å². The monoisotopic (exact) mass is 436 g/mol. The third-order valence-electron chi connectivity index (χ3n) is 7.27. The zero-order valence-electron chi connectivity index (χ0n) is 19.7. The van der Waals surface area contributed by atoms with Crippen molar-refractivity contribution in [3.63, 3.8) is 0 Å². The second-order valence-electron chi connectivity index (χ2n) is 10.1. The van der Waals surface area contributed by atoms with Gasteiger partial charge in [0.1, 0.15) is 6.10 Å². The van der Waals surface area contributed by atoms with E-state index in [-0.39, 0.29) is 30.1 Å². The molecule has 3 N–H and O–H groups in total. The van der Waals surface area contributed by atoms with Gasteiger partial charge < -0.3 is 20.1 Å². The van der Waals surface area contributed by atoms with Crippen LogP contribution in [-0.4, -0.2) is 45.6 Å². The molecule has 176 valence electrons. The minimum Gasteiger partial charge on any atom is -0.481 e. The lowest BCUT2D eigenvalue weighted by Crippen LogP contribution is -2.49. The number of rotatable bonds is 9. The van der Waals surface area contributed by atoms with Crippen molar-refractivity contribution in [2.45, 2.75) is 85.5 Å². The first kappa shape index (κ1) is 25.6. The summed E-state index contributed by atoms with van der Waals surface area (Å²) in [6.07, 6.45) is 5.46. The Morgan fingerprint density at radius 3 is 2.42 bits per heavy atom. The van der Waals surface area contributed by atoms with Crippen LogP contribution in [0.4, 0.5) is 0 Å². The summed E-state index contributed by atoms with van der Waals surface area (Å²) in [7, 11) is 0. The number of aliphatic hydroxyl groups is 2. The van der Waals surface area contributed by atoms with Crippen LogP contribution in [0.15, 0.2) is 23.8 Å². The van der Waals surface area contributed by atoms with Crippen molar-refractivity contribution in [1.29, 1.82) is 0 Å². The molecule has 6 heteroatoms. The highest BCUT2D eigenvalue weighted by molar-refractivity contribution is 5.76. The minimum absolute atomic E-state index is 0.00981. The fourth-order valence-corrected chi connectivity index (χ4v) is 4.88. The predicted octanol–water partition coefficient (Wildman–Crippen LogP) is 3.96. The fraction of sp³-hybridized carbons (Fsp3) is 0.760. The molecule has 31 heavy (non-hydrogen) atoms. The number of carboxylic acids is 1. The van der Waals surface area contributed by atoms with Gasteiger partial charge >= 0.3 is 11.9 Å². The topological polar surface area (TPSA) is 104 Å². The lowest BCUT2D eigenvalue weighted by Gasteiger charge is -2.46. The predicted molar refractivity (Wildman–Crippen MR) is 119 cm³/mol. The first-order valence-corrected chi connectivity index (χ1v) is 11.6. The lowest BCUT2D eigenvalue weighted by atomic mass is 9.61. The van der Waals surface area contributed by atoms with Gasteiger partial charge in [-0.15, -0.1) is 0 Å². The third-order valence-corrected chi connectivity index (χ3v) is 7.27. The Morgan fingerprint density at radius 2 is 1.87 bits per heavy atom. The first-order valence-electron chi connectivity index (χ1n) is 11.6. The van der Waals surface area contributed by atoms with E-state index >= 15 is 0 Å². The molecule has 2 aliphatic carbocycles. The van der Waals surface area contributed by atoms with Gasteiger partial charge in [0, 0.05) is 12.3 Å². The SMILES string of the molecule is CC[C@@H](O)C[C@@H](O)[C@@H](C(=O)O)[C@H]1C(C)C=CC2=C[C@H](C)C[C@H](OC(=O)C(C)(C)CC)[C@@H]21. The molecule has 1 unspecified atom stereocenters. The molecule has 0 heterocycles. The molecule has 2 aliphatic rings. The number of esters is 1. The number of aliphatic hydroxyl groups excluding tert-OH is 2. The van der Waals surface area contributed by atoms with Gasteiger partial charge in [0.05, 0.1) is 23.5 Å². The number of carbonyl (C=O) groups excluding carboxylic acids is 1. The normalized spacial score (nSPS) is 31.2. The van der Waals surface area contributed by atoms with Crippen molar-refractivity contribution in [1.82, 2.24) is 0 Å². The van der Waals surface area contributed by atoms with Gasteiger partial charge in [-0.25, -0.2) is 0 Å². The second-order valence-corrected chi connectivity index (χ2v) is 10.1. The Balaban J connectivity index is 2.44. The lowest BCUT2D eigenvalue weighted by molar-refractivity contribution is -0.167. The highest BCUT2D eigenvalue weighted by Crippen LogP contribution is 2.47. The number of ether oxygens (including phenoxy) is 1. The van der Waals surface area contributed by atoms with Crippen LogP contribution in [-0.2, 0) is 14.3 Å². The number of allylic oxidation sites excluding steroid dienone is 3. The summed E-state index contributed by atoms with van der Waals surface area (Å²) in [6, 6.07) is 0. The van der Waals surface area contributed by atoms with Crippen molar-refractivity contribution in [3.8, 4) is 0 Å². The maximum Gasteiger partial charge on any atom is 0.311 e. The van der Waals surface area contributed by atoms with Crippen molar-refractivity contribution in [3.05, 3.63) is 23.8 Å². The molecule has 2 rings (SSSR count). The molecule has 0 aliphatic heterocycles. The van der Waals surface area contributed by atoms with Gasteiger partial charge in [0.2, 0.25) is 0 Å². The van der Waals surface area contributed by atoms with Gasteiger partial charge in [-0.2, -0.15) is 0 Å². The van der Waals surface area contributed by atoms with Crippen molar-refractivity contribution < 1.29 is 29.6 Å². The quantitative estimate of drug-likeness (QED) is 0.473. The highest BCUT2D eigenvalue weighted by atomic mass is 16.5. The van der Waals surface area contributed by atoms with Crippen LogP contribution in [0.2, 0.25) is 0 Å². The smallest absolute Gasteiger partial charge is 0.311 e. The van der Waals surface area contributed by atoms with Crippen LogP contribution < -0.4 is 0 Å². The Kier molecular flexibility index (Phi) is 8.51. The van der Waals surface area contributed by atoms with E-state index in [0.717, 1.165) is 5.57 Å². The molecule has 0 saturated heterocycles. The number of carboxylic acid groups (broad SMARTS) is 1. The summed E-state index contributed by atoms with van der Waals surface area (Å²) in [5.41, 5.74) is 0.357. The standard InChI is InChI=1S/C25H40O6/c1-7-17(26)13-18(27)22(23(28)29)20-15(4)9-10-16-11-14(3)12-19(21(16)20)31-24(30)25(5,6)8-2/h9-11,14-15,17-22,26-27H,7-8,12-13H2,1-6H3,(H,28,29)/t14-,15?,17+,18+,19-,20-,21+,22+/m0/s1. The summed E-state index contributed by atoms with van der Waals surface area (Å²) in [6.45, 7) is 11.5. The van der Waals surface area contributed by atoms with E-state index < -0.39 is 41.5 Å². The fourth-order valence-electron chi connectivity index (χ4n) is 4.88. The molecule has 6 nitrogen and oxygen atoms in total. The molecular formula is C25H40O6. The average Bonchev–Trinajstić information content (AvgIpc) is 2.69. The van der Waals surface area contributed by atoms with E-state index in [2.05, 4.69) is 13.0 Å². The average molecular weight is 437 g/mol. The molecule has 0 spiro atoms. The Bertz CT molecular complexity index is 709. The number of hydrogen-bond acceptors (Lipinski definition) is 5. The van der Waals surface area contributed by atoms with Crippen molar-refractivity contribution >= 4 is 11.9 Å². The van der Waals surface area contributed by atoms with Crippen LogP contribution in [0.25, 0.3) is 0 Å². The van der Waals surface area contributed by atoms with Crippen LogP contribution in [0.3, 0.4) is 0 Å². The van der Waals surface area contributed by atoms with Gasteiger partial charge in [-0.1, -0.05) is 45.9 Å². The Labute approximate surface area is 186 Å². The zero-order valence-corrected chi connectivity index (χ0v) is 19.7. The number of fused-ring (bicyclic) bond motifs is 1. The van der Waals surface area contributed by atoms with E-state index in [1.165, 1.54) is 0 Å². The Hall–Kier alpha value is -1.66. The van der Waals surface area contributed by atoms with Gasteiger partial charge in [0.25, 0.3) is 0 Å². The van der Waals surface area contributed by atoms with E-state index in [1.807, 2.05) is 39.8 Å². The number of aliphatic carboxylic acids is 1. The summed E-state index contributed by atoms with van der Waals surface area (Å²) < 4.78 is 6.04. The van der Waals surface area contributed by atoms with E-state index in [9.17, 15) is 24.9 Å². The molecule has 0 aromatic rings. The van der Waals surface area contributed by atoms with Crippen LogP contribution in [0.1, 0.15) is 67.2 Å². The molecule has 0 fully saturated rings. The molecule has 8 atom stereocenters.